The van der Waals surface area contributed by atoms with Crippen LogP contribution in [0.15, 0.2) is 42.6 Å². The Labute approximate surface area is 162 Å². The Kier molecular flexibility index (Phi) is 6.67. The predicted octanol–water partition coefficient (Wildman–Crippen LogP) is 4.14. The molecule has 0 bridgehead atoms. The maximum atomic E-state index is 12.8. The summed E-state index contributed by atoms with van der Waals surface area (Å²) in [5.74, 6) is 1.56. The van der Waals surface area contributed by atoms with E-state index in [0.717, 1.165) is 44.6 Å². The van der Waals surface area contributed by atoms with Gasteiger partial charge < -0.3 is 5.32 Å². The second-order valence-electron chi connectivity index (χ2n) is 7.75. The molecule has 1 aromatic heterocycles. The molecule has 0 radical (unpaired) electrons. The molecule has 2 heterocycles. The number of piperidine rings is 1. The Morgan fingerprint density at radius 2 is 1.89 bits per heavy atom. The molecule has 1 aliphatic rings. The number of anilines is 1. The second kappa shape index (κ2) is 9.18. The quantitative estimate of drug-likeness (QED) is 0.799. The van der Waals surface area contributed by atoms with E-state index >= 15 is 0 Å². The topological polar surface area (TPSA) is 50.2 Å². The number of carbonyl (C=O) groups is 1. The fraction of sp³-hybridized carbons (Fsp3) is 0.545. The Morgan fingerprint density at radius 3 is 2.56 bits per heavy atom. The second-order valence-corrected chi connectivity index (χ2v) is 7.75. The van der Waals surface area contributed by atoms with Crippen molar-refractivity contribution in [2.75, 3.05) is 18.4 Å². The molecule has 1 aliphatic heterocycles. The molecule has 2 atom stereocenters. The van der Waals surface area contributed by atoms with Crippen molar-refractivity contribution in [2.24, 2.45) is 5.92 Å². The first kappa shape index (κ1) is 19.6. The number of aromatic nitrogens is 2. The highest BCUT2D eigenvalue weighted by molar-refractivity contribution is 5.93. The zero-order valence-corrected chi connectivity index (χ0v) is 16.8. The van der Waals surface area contributed by atoms with Gasteiger partial charge in [-0.1, -0.05) is 37.3 Å². The highest BCUT2D eigenvalue weighted by Crippen LogP contribution is 2.23. The third kappa shape index (κ3) is 4.98. The third-order valence-corrected chi connectivity index (χ3v) is 5.87. The Balaban J connectivity index is 1.51. The molecular formula is C22H32N4O. The largest absolute Gasteiger partial charge is 0.310 e. The average molecular weight is 369 g/mol. The Bertz CT molecular complexity index is 719. The summed E-state index contributed by atoms with van der Waals surface area (Å²) in [6.07, 6.45) is 6.18. The number of carbonyl (C=O) groups excluding carboxylic acids is 1. The van der Waals surface area contributed by atoms with Crippen molar-refractivity contribution in [2.45, 2.75) is 58.5 Å². The van der Waals surface area contributed by atoms with Gasteiger partial charge in [0.2, 0.25) is 5.91 Å². The summed E-state index contributed by atoms with van der Waals surface area (Å²) in [5, 5.41) is 7.42. The van der Waals surface area contributed by atoms with Crippen molar-refractivity contribution in [3.05, 3.63) is 48.2 Å². The summed E-state index contributed by atoms with van der Waals surface area (Å²) in [7, 11) is 0. The highest BCUT2D eigenvalue weighted by Gasteiger charge is 2.27. The van der Waals surface area contributed by atoms with E-state index in [4.69, 9.17) is 0 Å². The molecule has 2 aromatic rings. The lowest BCUT2D eigenvalue weighted by molar-refractivity contribution is -0.121. The Hall–Kier alpha value is -2.14. The summed E-state index contributed by atoms with van der Waals surface area (Å²) in [6.45, 7) is 8.22. The van der Waals surface area contributed by atoms with Crippen LogP contribution in [0.3, 0.4) is 0 Å². The van der Waals surface area contributed by atoms with E-state index < -0.39 is 0 Å². The molecule has 1 saturated heterocycles. The normalized spacial score (nSPS) is 18.2. The van der Waals surface area contributed by atoms with Crippen molar-refractivity contribution in [1.82, 2.24) is 14.7 Å². The SMILES string of the molecule is CCC(C)n1nccc1NC(=O)C(C)N1CCC(Cc2ccccc2)CC1. The summed E-state index contributed by atoms with van der Waals surface area (Å²) in [4.78, 5) is 15.1. The summed E-state index contributed by atoms with van der Waals surface area (Å²) >= 11 is 0. The number of nitrogens with zero attached hydrogens (tertiary/aromatic N) is 3. The summed E-state index contributed by atoms with van der Waals surface area (Å²) in [5.41, 5.74) is 1.42. The molecule has 1 amide bonds. The number of hydrogen-bond acceptors (Lipinski definition) is 3. The molecule has 5 heteroatoms. The first-order valence-electron chi connectivity index (χ1n) is 10.2. The first-order valence-corrected chi connectivity index (χ1v) is 10.2. The smallest absolute Gasteiger partial charge is 0.242 e. The van der Waals surface area contributed by atoms with E-state index in [1.807, 2.05) is 17.7 Å². The van der Waals surface area contributed by atoms with Crippen molar-refractivity contribution in [3.63, 3.8) is 0 Å². The van der Waals surface area contributed by atoms with E-state index in [1.54, 1.807) is 6.20 Å². The lowest BCUT2D eigenvalue weighted by Crippen LogP contribution is -2.46. The zero-order chi connectivity index (χ0) is 19.2. The molecule has 0 saturated carbocycles. The zero-order valence-electron chi connectivity index (χ0n) is 16.8. The van der Waals surface area contributed by atoms with Gasteiger partial charge in [0.1, 0.15) is 5.82 Å². The van der Waals surface area contributed by atoms with E-state index in [1.165, 1.54) is 5.56 Å². The fourth-order valence-corrected chi connectivity index (χ4v) is 3.83. The number of nitrogens with one attached hydrogen (secondary N) is 1. The van der Waals surface area contributed by atoms with Crippen LogP contribution in [0.5, 0.6) is 0 Å². The molecular weight excluding hydrogens is 336 g/mol. The summed E-state index contributed by atoms with van der Waals surface area (Å²) < 4.78 is 1.90. The molecule has 5 nitrogen and oxygen atoms in total. The van der Waals surface area contributed by atoms with Gasteiger partial charge in [-0.15, -0.1) is 0 Å². The van der Waals surface area contributed by atoms with Crippen molar-refractivity contribution >= 4 is 11.7 Å². The lowest BCUT2D eigenvalue weighted by Gasteiger charge is -2.35. The van der Waals surface area contributed by atoms with Crippen molar-refractivity contribution in [1.29, 1.82) is 0 Å². The molecule has 27 heavy (non-hydrogen) atoms. The van der Waals surface area contributed by atoms with Gasteiger partial charge in [0.15, 0.2) is 0 Å². The predicted molar refractivity (Wildman–Crippen MR) is 110 cm³/mol. The average Bonchev–Trinajstić information content (AvgIpc) is 3.16. The minimum absolute atomic E-state index is 0.0570. The molecule has 0 aliphatic carbocycles. The van der Waals surface area contributed by atoms with Crippen LogP contribution < -0.4 is 5.32 Å². The van der Waals surface area contributed by atoms with E-state index in [-0.39, 0.29) is 18.0 Å². The highest BCUT2D eigenvalue weighted by atomic mass is 16.2. The number of rotatable bonds is 7. The van der Waals surface area contributed by atoms with Crippen LogP contribution in [0, 0.1) is 5.92 Å². The van der Waals surface area contributed by atoms with E-state index in [2.05, 4.69) is 59.5 Å². The number of likely N-dealkylation sites (tertiary alicyclic amines) is 1. The van der Waals surface area contributed by atoms with Gasteiger partial charge in [0.05, 0.1) is 18.3 Å². The summed E-state index contributed by atoms with van der Waals surface area (Å²) in [6, 6.07) is 12.7. The number of amides is 1. The van der Waals surface area contributed by atoms with E-state index in [9.17, 15) is 4.79 Å². The minimum Gasteiger partial charge on any atom is -0.310 e. The monoisotopic (exact) mass is 368 g/mol. The van der Waals surface area contributed by atoms with Gasteiger partial charge in [0, 0.05) is 6.07 Å². The fourth-order valence-electron chi connectivity index (χ4n) is 3.83. The lowest BCUT2D eigenvalue weighted by atomic mass is 9.89. The van der Waals surface area contributed by atoms with Crippen LogP contribution in [0.1, 0.15) is 51.6 Å². The van der Waals surface area contributed by atoms with Crippen LogP contribution in [0.2, 0.25) is 0 Å². The van der Waals surface area contributed by atoms with Gasteiger partial charge in [-0.25, -0.2) is 4.68 Å². The van der Waals surface area contributed by atoms with Gasteiger partial charge in [0.25, 0.3) is 0 Å². The molecule has 1 fully saturated rings. The molecule has 1 N–H and O–H groups in total. The van der Waals surface area contributed by atoms with Gasteiger partial charge in [-0.2, -0.15) is 5.10 Å². The van der Waals surface area contributed by atoms with Gasteiger partial charge in [-0.05, 0) is 64.1 Å². The van der Waals surface area contributed by atoms with Gasteiger partial charge in [-0.3, -0.25) is 9.69 Å². The molecule has 0 spiro atoms. The molecule has 146 valence electrons. The molecule has 2 unspecified atom stereocenters. The van der Waals surface area contributed by atoms with E-state index in [0.29, 0.717) is 5.92 Å². The Morgan fingerprint density at radius 1 is 1.19 bits per heavy atom. The van der Waals surface area contributed by atoms with Crippen LogP contribution >= 0.6 is 0 Å². The standard InChI is InChI=1S/C22H32N4O/c1-4-17(2)26-21(10-13-23-26)24-22(27)18(3)25-14-11-20(12-15-25)16-19-8-6-5-7-9-19/h5-10,13,17-18,20H,4,11-12,14-16H2,1-3H3,(H,24,27). The maximum Gasteiger partial charge on any atom is 0.242 e. The van der Waals surface area contributed by atoms with Crippen molar-refractivity contribution < 1.29 is 4.79 Å². The van der Waals surface area contributed by atoms with Crippen LogP contribution in [-0.4, -0.2) is 39.7 Å². The van der Waals surface area contributed by atoms with Crippen LogP contribution in [0.4, 0.5) is 5.82 Å². The third-order valence-electron chi connectivity index (χ3n) is 5.87. The van der Waals surface area contributed by atoms with Crippen LogP contribution in [-0.2, 0) is 11.2 Å². The molecule has 1 aromatic carbocycles. The minimum atomic E-state index is -0.122. The number of hydrogen-bond donors (Lipinski definition) is 1. The maximum absolute atomic E-state index is 12.8. The molecule has 3 rings (SSSR count). The van der Waals surface area contributed by atoms with Crippen LogP contribution in [0.25, 0.3) is 0 Å². The van der Waals surface area contributed by atoms with Gasteiger partial charge >= 0.3 is 0 Å². The number of benzene rings is 1. The first-order chi connectivity index (χ1) is 13.1. The van der Waals surface area contributed by atoms with Crippen molar-refractivity contribution in [3.8, 4) is 0 Å².